The number of benzene rings is 2. The van der Waals surface area contributed by atoms with E-state index in [0.29, 0.717) is 11.5 Å². The molecule has 5 nitrogen and oxygen atoms in total. The number of aromatic amines is 1. The number of carbonyl (C=O) groups is 1. The lowest BCUT2D eigenvalue weighted by Gasteiger charge is -2.04. The molecule has 0 saturated carbocycles. The lowest BCUT2D eigenvalue weighted by molar-refractivity contribution is 0.102. The van der Waals surface area contributed by atoms with Crippen LogP contribution in [0.3, 0.4) is 0 Å². The maximum Gasteiger partial charge on any atom is 0.276 e. The fourth-order valence-electron chi connectivity index (χ4n) is 2.50. The molecule has 0 aliphatic heterocycles. The summed E-state index contributed by atoms with van der Waals surface area (Å²) in [5, 5.41) is 2.88. The van der Waals surface area contributed by atoms with Crippen LogP contribution in [0.1, 0.15) is 21.7 Å². The van der Waals surface area contributed by atoms with Crippen molar-refractivity contribution in [1.82, 2.24) is 9.97 Å². The smallest absolute Gasteiger partial charge is 0.276 e. The molecule has 1 aromatic heterocycles. The van der Waals surface area contributed by atoms with Crippen LogP contribution in [0, 0.1) is 13.8 Å². The van der Waals surface area contributed by atoms with Crippen molar-refractivity contribution >= 4 is 11.6 Å². The highest BCUT2D eigenvalue weighted by Gasteiger charge is 2.16. The monoisotopic (exact) mass is 321 g/mol. The molecule has 5 heteroatoms. The van der Waals surface area contributed by atoms with Gasteiger partial charge in [0.25, 0.3) is 5.91 Å². The standard InChI is InChI=1S/C19H19N3O2/c1-12-6-4-8-15(10-12)21-19(23)17-13(2)20-18(22-17)14-7-5-9-16(11-14)24-3/h4-11H,1-3H3,(H,20,22)(H,21,23). The van der Waals surface area contributed by atoms with E-state index in [1.165, 1.54) is 0 Å². The fourth-order valence-corrected chi connectivity index (χ4v) is 2.50. The van der Waals surface area contributed by atoms with Gasteiger partial charge in [0.1, 0.15) is 17.3 Å². The Morgan fingerprint density at radius 1 is 1.12 bits per heavy atom. The topological polar surface area (TPSA) is 67.0 Å². The number of aromatic nitrogens is 2. The largest absolute Gasteiger partial charge is 0.497 e. The van der Waals surface area contributed by atoms with Crippen molar-refractivity contribution in [3.05, 3.63) is 65.5 Å². The SMILES string of the molecule is COc1cccc(-c2nc(C(=O)Nc3cccc(C)c3)c(C)[nH]2)c1. The number of rotatable bonds is 4. The fraction of sp³-hybridized carbons (Fsp3) is 0.158. The predicted molar refractivity (Wildman–Crippen MR) is 94.4 cm³/mol. The molecule has 0 radical (unpaired) electrons. The summed E-state index contributed by atoms with van der Waals surface area (Å²) in [6.45, 7) is 3.82. The number of amides is 1. The number of nitrogens with zero attached hydrogens (tertiary/aromatic N) is 1. The Balaban J connectivity index is 1.86. The van der Waals surface area contributed by atoms with Crippen LogP contribution in [0.25, 0.3) is 11.4 Å². The molecule has 1 amide bonds. The van der Waals surface area contributed by atoms with Crippen LogP contribution >= 0.6 is 0 Å². The second-order valence-electron chi connectivity index (χ2n) is 5.61. The van der Waals surface area contributed by atoms with Gasteiger partial charge >= 0.3 is 0 Å². The van der Waals surface area contributed by atoms with Gasteiger partial charge in [0.05, 0.1) is 7.11 Å². The minimum Gasteiger partial charge on any atom is -0.497 e. The summed E-state index contributed by atoms with van der Waals surface area (Å²) < 4.78 is 5.23. The summed E-state index contributed by atoms with van der Waals surface area (Å²) in [7, 11) is 1.62. The molecule has 122 valence electrons. The van der Waals surface area contributed by atoms with Gasteiger partial charge in [-0.2, -0.15) is 0 Å². The third kappa shape index (κ3) is 3.30. The van der Waals surface area contributed by atoms with E-state index in [1.807, 2.05) is 62.4 Å². The first-order chi connectivity index (χ1) is 11.6. The van der Waals surface area contributed by atoms with E-state index in [2.05, 4.69) is 15.3 Å². The number of methoxy groups -OCH3 is 1. The zero-order valence-electron chi connectivity index (χ0n) is 13.9. The Labute approximate surface area is 140 Å². The van der Waals surface area contributed by atoms with E-state index >= 15 is 0 Å². The summed E-state index contributed by atoms with van der Waals surface area (Å²) >= 11 is 0. The van der Waals surface area contributed by atoms with Crippen LogP contribution in [-0.4, -0.2) is 23.0 Å². The van der Waals surface area contributed by atoms with E-state index < -0.39 is 0 Å². The molecule has 0 aliphatic rings. The second-order valence-corrected chi connectivity index (χ2v) is 5.61. The van der Waals surface area contributed by atoms with Crippen molar-refractivity contribution in [2.24, 2.45) is 0 Å². The number of ether oxygens (including phenoxy) is 1. The average Bonchev–Trinajstić information content (AvgIpc) is 2.97. The van der Waals surface area contributed by atoms with Gasteiger partial charge in [0.2, 0.25) is 0 Å². The van der Waals surface area contributed by atoms with Crippen molar-refractivity contribution in [2.75, 3.05) is 12.4 Å². The first kappa shape index (κ1) is 15.8. The molecule has 3 aromatic rings. The van der Waals surface area contributed by atoms with Crippen LogP contribution < -0.4 is 10.1 Å². The third-order valence-electron chi connectivity index (χ3n) is 3.72. The molecule has 0 bridgehead atoms. The van der Waals surface area contributed by atoms with Gasteiger partial charge in [-0.1, -0.05) is 24.3 Å². The molecular formula is C19H19N3O2. The van der Waals surface area contributed by atoms with Crippen LogP contribution in [0.2, 0.25) is 0 Å². The van der Waals surface area contributed by atoms with Crippen molar-refractivity contribution in [2.45, 2.75) is 13.8 Å². The minimum atomic E-state index is -0.233. The first-order valence-corrected chi connectivity index (χ1v) is 7.66. The molecule has 0 atom stereocenters. The number of anilines is 1. The van der Waals surface area contributed by atoms with E-state index in [9.17, 15) is 4.79 Å². The Hall–Kier alpha value is -3.08. The van der Waals surface area contributed by atoms with E-state index in [4.69, 9.17) is 4.74 Å². The van der Waals surface area contributed by atoms with Crippen molar-refractivity contribution in [3.63, 3.8) is 0 Å². The van der Waals surface area contributed by atoms with E-state index in [0.717, 1.165) is 28.3 Å². The molecule has 0 saturated heterocycles. The van der Waals surface area contributed by atoms with Crippen molar-refractivity contribution < 1.29 is 9.53 Å². The number of hydrogen-bond donors (Lipinski definition) is 2. The predicted octanol–water partition coefficient (Wildman–Crippen LogP) is 3.95. The molecule has 2 N–H and O–H groups in total. The summed E-state index contributed by atoms with van der Waals surface area (Å²) in [6.07, 6.45) is 0. The van der Waals surface area contributed by atoms with Crippen LogP contribution in [0.5, 0.6) is 5.75 Å². The number of hydrogen-bond acceptors (Lipinski definition) is 3. The van der Waals surface area contributed by atoms with Crippen LogP contribution in [0.4, 0.5) is 5.69 Å². The van der Waals surface area contributed by atoms with E-state index in [1.54, 1.807) is 7.11 Å². The Kier molecular flexibility index (Phi) is 4.33. The zero-order chi connectivity index (χ0) is 17.1. The van der Waals surface area contributed by atoms with Crippen molar-refractivity contribution in [1.29, 1.82) is 0 Å². The van der Waals surface area contributed by atoms with Gasteiger partial charge in [-0.3, -0.25) is 4.79 Å². The maximum atomic E-state index is 12.5. The minimum absolute atomic E-state index is 0.233. The summed E-state index contributed by atoms with van der Waals surface area (Å²) in [5.41, 5.74) is 3.81. The second kappa shape index (κ2) is 6.58. The van der Waals surface area contributed by atoms with Gasteiger partial charge in [0, 0.05) is 16.9 Å². The molecule has 0 unspecified atom stereocenters. The number of imidazole rings is 1. The summed E-state index contributed by atoms with van der Waals surface area (Å²) in [4.78, 5) is 20.1. The Morgan fingerprint density at radius 3 is 2.67 bits per heavy atom. The molecule has 0 fully saturated rings. The highest BCUT2D eigenvalue weighted by molar-refractivity contribution is 6.04. The number of aryl methyl sites for hydroxylation is 2. The molecule has 3 rings (SSSR count). The van der Waals surface area contributed by atoms with Crippen molar-refractivity contribution in [3.8, 4) is 17.1 Å². The normalized spacial score (nSPS) is 10.5. The molecule has 0 spiro atoms. The van der Waals surface area contributed by atoms with E-state index in [-0.39, 0.29) is 5.91 Å². The lowest BCUT2D eigenvalue weighted by atomic mass is 10.2. The number of nitrogens with one attached hydrogen (secondary N) is 2. The molecule has 24 heavy (non-hydrogen) atoms. The molecule has 1 heterocycles. The third-order valence-corrected chi connectivity index (χ3v) is 3.72. The first-order valence-electron chi connectivity index (χ1n) is 7.66. The van der Waals surface area contributed by atoms with Gasteiger partial charge in [-0.05, 0) is 43.7 Å². The average molecular weight is 321 g/mol. The number of carbonyl (C=O) groups excluding carboxylic acids is 1. The zero-order valence-corrected chi connectivity index (χ0v) is 13.9. The van der Waals surface area contributed by atoms with Gasteiger partial charge in [-0.25, -0.2) is 4.98 Å². The van der Waals surface area contributed by atoms with Gasteiger partial charge in [-0.15, -0.1) is 0 Å². The van der Waals surface area contributed by atoms with Crippen LogP contribution in [0.15, 0.2) is 48.5 Å². The summed E-state index contributed by atoms with van der Waals surface area (Å²) in [6, 6.07) is 15.2. The summed E-state index contributed by atoms with van der Waals surface area (Å²) in [5.74, 6) is 1.15. The maximum absolute atomic E-state index is 12.5. The number of H-pyrrole nitrogens is 1. The van der Waals surface area contributed by atoms with Gasteiger partial charge in [0.15, 0.2) is 0 Å². The highest BCUT2D eigenvalue weighted by Crippen LogP contribution is 2.23. The van der Waals surface area contributed by atoms with Crippen LogP contribution in [-0.2, 0) is 0 Å². The Morgan fingerprint density at radius 2 is 1.92 bits per heavy atom. The van der Waals surface area contributed by atoms with Gasteiger partial charge < -0.3 is 15.0 Å². The quantitative estimate of drug-likeness (QED) is 0.764. The lowest BCUT2D eigenvalue weighted by Crippen LogP contribution is -2.13. The highest BCUT2D eigenvalue weighted by atomic mass is 16.5. The molecule has 0 aliphatic carbocycles. The molecular weight excluding hydrogens is 302 g/mol. The molecule has 2 aromatic carbocycles. The Bertz CT molecular complexity index is 884.